The van der Waals surface area contributed by atoms with Gasteiger partial charge in [0.15, 0.2) is 0 Å². The van der Waals surface area contributed by atoms with Crippen molar-refractivity contribution in [3.8, 4) is 0 Å². The fourth-order valence-electron chi connectivity index (χ4n) is 4.69. The first-order valence-corrected chi connectivity index (χ1v) is 9.05. The van der Waals surface area contributed by atoms with Crippen molar-refractivity contribution in [3.63, 3.8) is 0 Å². The molecule has 2 atom stereocenters. The van der Waals surface area contributed by atoms with Gasteiger partial charge in [0.2, 0.25) is 0 Å². The molecule has 0 aromatic carbocycles. The van der Waals surface area contributed by atoms with Crippen LogP contribution in [0.5, 0.6) is 0 Å². The number of carboxylic acid groups (broad SMARTS) is 1. The summed E-state index contributed by atoms with van der Waals surface area (Å²) in [4.78, 5) is 35.5. The lowest BCUT2D eigenvalue weighted by atomic mass is 9.81. The summed E-state index contributed by atoms with van der Waals surface area (Å²) in [6, 6.07) is 0.160. The number of fused-ring (bicyclic) bond motifs is 1. The number of aliphatic carboxylic acids is 1. The molecule has 2 aliphatic heterocycles. The van der Waals surface area contributed by atoms with E-state index in [9.17, 15) is 14.7 Å². The molecule has 8 heteroatoms. The molecule has 3 fully saturated rings. The van der Waals surface area contributed by atoms with Gasteiger partial charge in [0.05, 0.1) is 6.33 Å². The summed E-state index contributed by atoms with van der Waals surface area (Å²) in [5, 5.41) is 13.0. The lowest BCUT2D eigenvalue weighted by Gasteiger charge is -2.26. The van der Waals surface area contributed by atoms with Crippen molar-refractivity contribution < 1.29 is 14.7 Å². The first kappa shape index (κ1) is 16.4. The molecule has 1 saturated carbocycles. The second-order valence-corrected chi connectivity index (χ2v) is 7.72. The highest BCUT2D eigenvalue weighted by Gasteiger charge is 2.58. The summed E-state index contributed by atoms with van der Waals surface area (Å²) in [6.07, 6.45) is 7.79. The van der Waals surface area contributed by atoms with Gasteiger partial charge in [0.1, 0.15) is 5.41 Å². The van der Waals surface area contributed by atoms with Gasteiger partial charge >= 0.3 is 12.0 Å². The van der Waals surface area contributed by atoms with E-state index >= 15 is 0 Å². The molecule has 1 aromatic heterocycles. The summed E-state index contributed by atoms with van der Waals surface area (Å²) in [5.74, 6) is -0.817. The first-order valence-electron chi connectivity index (χ1n) is 9.05. The average molecular weight is 347 g/mol. The number of amides is 2. The van der Waals surface area contributed by atoms with Gasteiger partial charge in [-0.25, -0.2) is 9.78 Å². The Balaban J connectivity index is 1.41. The van der Waals surface area contributed by atoms with Crippen LogP contribution in [0.1, 0.15) is 31.4 Å². The summed E-state index contributed by atoms with van der Waals surface area (Å²) < 4.78 is 0. The summed E-state index contributed by atoms with van der Waals surface area (Å²) >= 11 is 0. The minimum Gasteiger partial charge on any atom is -0.481 e. The lowest BCUT2D eigenvalue weighted by Crippen LogP contribution is -2.46. The van der Waals surface area contributed by atoms with E-state index in [2.05, 4.69) is 20.2 Å². The third-order valence-corrected chi connectivity index (χ3v) is 6.02. The van der Waals surface area contributed by atoms with Crippen LogP contribution in [0.3, 0.4) is 0 Å². The van der Waals surface area contributed by atoms with Crippen LogP contribution in [0, 0.1) is 11.3 Å². The van der Waals surface area contributed by atoms with Crippen LogP contribution in [0.15, 0.2) is 12.5 Å². The zero-order valence-corrected chi connectivity index (χ0v) is 14.3. The van der Waals surface area contributed by atoms with Gasteiger partial charge in [-0.1, -0.05) is 12.8 Å². The Bertz CT molecular complexity index is 643. The van der Waals surface area contributed by atoms with Gasteiger partial charge < -0.3 is 20.3 Å². The number of likely N-dealkylation sites (tertiary alicyclic amines) is 2. The second-order valence-electron chi connectivity index (χ2n) is 7.72. The molecule has 8 nitrogen and oxygen atoms in total. The molecule has 2 saturated heterocycles. The van der Waals surface area contributed by atoms with Crippen LogP contribution in [-0.2, 0) is 11.3 Å². The van der Waals surface area contributed by atoms with Crippen molar-refractivity contribution in [1.29, 1.82) is 0 Å². The van der Waals surface area contributed by atoms with E-state index in [-0.39, 0.29) is 18.0 Å². The molecule has 136 valence electrons. The molecule has 4 rings (SSSR count). The van der Waals surface area contributed by atoms with Crippen molar-refractivity contribution >= 4 is 12.0 Å². The number of H-pyrrole nitrogens is 1. The smallest absolute Gasteiger partial charge is 0.317 e. The monoisotopic (exact) mass is 347 g/mol. The maximum absolute atomic E-state index is 12.5. The van der Waals surface area contributed by atoms with Gasteiger partial charge in [-0.2, -0.15) is 0 Å². The van der Waals surface area contributed by atoms with Crippen LogP contribution in [0.4, 0.5) is 4.79 Å². The lowest BCUT2D eigenvalue weighted by molar-refractivity contribution is -0.148. The number of rotatable bonds is 4. The quantitative estimate of drug-likeness (QED) is 0.750. The van der Waals surface area contributed by atoms with Crippen LogP contribution in [-0.4, -0.2) is 69.1 Å². The average Bonchev–Trinajstić information content (AvgIpc) is 3.29. The number of aromatic nitrogens is 2. The van der Waals surface area contributed by atoms with E-state index in [1.807, 2.05) is 0 Å². The van der Waals surface area contributed by atoms with Crippen molar-refractivity contribution in [2.75, 3.05) is 26.2 Å². The van der Waals surface area contributed by atoms with Crippen molar-refractivity contribution in [2.45, 2.75) is 38.3 Å². The van der Waals surface area contributed by atoms with E-state index in [0.717, 1.165) is 31.4 Å². The van der Waals surface area contributed by atoms with Crippen LogP contribution >= 0.6 is 0 Å². The zero-order valence-electron chi connectivity index (χ0n) is 14.3. The van der Waals surface area contributed by atoms with Crippen LogP contribution < -0.4 is 5.32 Å². The van der Waals surface area contributed by atoms with E-state index in [1.54, 1.807) is 17.4 Å². The van der Waals surface area contributed by atoms with Crippen molar-refractivity contribution in [3.05, 3.63) is 18.2 Å². The molecule has 3 heterocycles. The molecule has 0 radical (unpaired) electrons. The Morgan fingerprint density at radius 2 is 2.12 bits per heavy atom. The highest BCUT2D eigenvalue weighted by molar-refractivity contribution is 5.81. The number of imidazole rings is 1. The first-order chi connectivity index (χ1) is 12.1. The van der Waals surface area contributed by atoms with Crippen molar-refractivity contribution in [2.24, 2.45) is 11.3 Å². The molecule has 3 aliphatic rings. The standard InChI is InChI=1S/C17H25N5O3/c23-15(24)17-9-21(8-14-5-18-11-19-14)6-12(17)7-22(10-17)16(25)20-13-3-1-2-4-13/h5,11-13H,1-4,6-10H2,(H,18,19)(H,20,25)(H,23,24)/t12-,17-/m1/s1. The third-order valence-electron chi connectivity index (χ3n) is 6.02. The molecule has 0 bridgehead atoms. The predicted octanol–water partition coefficient (Wildman–Crippen LogP) is 0.880. The Kier molecular flexibility index (Phi) is 4.15. The van der Waals surface area contributed by atoms with Gasteiger partial charge in [0, 0.05) is 56.6 Å². The molecule has 2 amide bonds. The maximum Gasteiger partial charge on any atom is 0.317 e. The van der Waals surface area contributed by atoms with Gasteiger partial charge in [-0.15, -0.1) is 0 Å². The predicted molar refractivity (Wildman–Crippen MR) is 89.8 cm³/mol. The number of aromatic amines is 1. The highest BCUT2D eigenvalue weighted by Crippen LogP contribution is 2.43. The van der Waals surface area contributed by atoms with Gasteiger partial charge in [-0.3, -0.25) is 9.69 Å². The van der Waals surface area contributed by atoms with Crippen LogP contribution in [0.2, 0.25) is 0 Å². The summed E-state index contributed by atoms with van der Waals surface area (Å²) in [6.45, 7) is 2.65. The number of carboxylic acids is 1. The topological polar surface area (TPSA) is 102 Å². The maximum atomic E-state index is 12.5. The van der Waals surface area contributed by atoms with E-state index < -0.39 is 11.4 Å². The Labute approximate surface area is 146 Å². The Morgan fingerprint density at radius 3 is 2.76 bits per heavy atom. The number of carbonyl (C=O) groups is 2. The molecule has 0 spiro atoms. The summed E-state index contributed by atoms with van der Waals surface area (Å²) in [5.41, 5.74) is 0.129. The third kappa shape index (κ3) is 2.99. The van der Waals surface area contributed by atoms with E-state index in [1.165, 1.54) is 0 Å². The molecule has 1 aromatic rings. The van der Waals surface area contributed by atoms with Gasteiger partial charge in [-0.05, 0) is 12.8 Å². The number of nitrogens with one attached hydrogen (secondary N) is 2. The molecule has 0 unspecified atom stereocenters. The van der Waals surface area contributed by atoms with Crippen LogP contribution in [0.25, 0.3) is 0 Å². The molecular formula is C17H25N5O3. The normalized spacial score (nSPS) is 29.9. The minimum absolute atomic E-state index is 0.0257. The number of nitrogens with zero attached hydrogens (tertiary/aromatic N) is 3. The second kappa shape index (κ2) is 6.33. The molecule has 25 heavy (non-hydrogen) atoms. The molecule has 1 aliphatic carbocycles. The van der Waals surface area contributed by atoms with Crippen molar-refractivity contribution in [1.82, 2.24) is 25.1 Å². The zero-order chi connectivity index (χ0) is 17.4. The fourth-order valence-corrected chi connectivity index (χ4v) is 4.69. The minimum atomic E-state index is -0.854. The summed E-state index contributed by atoms with van der Waals surface area (Å²) in [7, 11) is 0. The number of hydrogen-bond donors (Lipinski definition) is 3. The molecule has 3 N–H and O–H groups in total. The Hall–Kier alpha value is -2.09. The largest absolute Gasteiger partial charge is 0.481 e. The highest BCUT2D eigenvalue weighted by atomic mass is 16.4. The fraction of sp³-hybridized carbons (Fsp3) is 0.706. The number of urea groups is 1. The number of hydrogen-bond acceptors (Lipinski definition) is 4. The molecular weight excluding hydrogens is 322 g/mol. The van der Waals surface area contributed by atoms with Gasteiger partial charge in [0.25, 0.3) is 0 Å². The SMILES string of the molecule is O=C(NC1CCCC1)N1C[C@H]2CN(Cc3cnc[nH]3)C[C@@]2(C(=O)O)C1. The Morgan fingerprint density at radius 1 is 1.32 bits per heavy atom. The van der Waals surface area contributed by atoms with E-state index in [4.69, 9.17) is 0 Å². The van der Waals surface area contributed by atoms with E-state index in [0.29, 0.717) is 32.7 Å². The number of carbonyl (C=O) groups excluding carboxylic acids is 1.